The van der Waals surface area contributed by atoms with Crippen LogP contribution < -0.4 is 0 Å². The molecule has 3 heteroatoms. The van der Waals surface area contributed by atoms with Crippen molar-refractivity contribution in [2.24, 2.45) is 0 Å². The molecule has 80 valence electrons. The third kappa shape index (κ3) is 1.58. The predicted octanol–water partition coefficient (Wildman–Crippen LogP) is 4.02. The van der Waals surface area contributed by atoms with Crippen molar-refractivity contribution < 1.29 is 0 Å². The van der Waals surface area contributed by atoms with Gasteiger partial charge in [0.25, 0.3) is 0 Å². The Bertz CT molecular complexity index is 772. The van der Waals surface area contributed by atoms with Gasteiger partial charge in [-0.1, -0.05) is 40.2 Å². The predicted molar refractivity (Wildman–Crippen MR) is 71.7 cm³/mol. The molecule has 1 aromatic heterocycles. The number of hydrogen-bond donors (Lipinski definition) is 0. The minimum atomic E-state index is 0.478. The topological polar surface area (TPSA) is 36.7 Å². The van der Waals surface area contributed by atoms with Crippen LogP contribution in [0.1, 0.15) is 5.69 Å². The Balaban J connectivity index is 2.62. The van der Waals surface area contributed by atoms with Gasteiger partial charge in [-0.05, 0) is 23.6 Å². The Hall–Kier alpha value is -1.92. The van der Waals surface area contributed by atoms with E-state index in [2.05, 4.69) is 27.0 Å². The summed E-state index contributed by atoms with van der Waals surface area (Å²) in [6.45, 7) is 0. The fourth-order valence-corrected chi connectivity index (χ4v) is 2.37. The van der Waals surface area contributed by atoms with E-state index in [1.54, 1.807) is 0 Å². The quantitative estimate of drug-likeness (QED) is 0.584. The number of nitriles is 1. The molecule has 0 saturated heterocycles. The fraction of sp³-hybridized carbons (Fsp3) is 0. The number of benzene rings is 2. The van der Waals surface area contributed by atoms with E-state index in [1.165, 1.54) is 0 Å². The summed E-state index contributed by atoms with van der Waals surface area (Å²) in [6.07, 6.45) is 0. The Morgan fingerprint density at radius 2 is 1.82 bits per heavy atom. The van der Waals surface area contributed by atoms with Crippen LogP contribution in [0.4, 0.5) is 0 Å². The first-order valence-corrected chi connectivity index (χ1v) is 5.97. The van der Waals surface area contributed by atoms with Crippen LogP contribution in [0.5, 0.6) is 0 Å². The lowest BCUT2D eigenvalue weighted by atomic mass is 10.0. The summed E-state index contributed by atoms with van der Waals surface area (Å²) in [6, 6.07) is 15.9. The lowest BCUT2D eigenvalue weighted by Crippen LogP contribution is -1.88. The third-order valence-electron chi connectivity index (χ3n) is 2.77. The van der Waals surface area contributed by atoms with Gasteiger partial charge in [0.05, 0.1) is 5.52 Å². The van der Waals surface area contributed by atoms with Crippen LogP contribution in [-0.2, 0) is 0 Å². The fourth-order valence-electron chi connectivity index (χ4n) is 2.01. The molecule has 3 aromatic rings. The second-order valence-electron chi connectivity index (χ2n) is 3.78. The highest BCUT2D eigenvalue weighted by molar-refractivity contribution is 9.10. The number of para-hydroxylation sites is 1. The highest BCUT2D eigenvalue weighted by Gasteiger charge is 2.07. The van der Waals surface area contributed by atoms with Crippen molar-refractivity contribution in [2.75, 3.05) is 0 Å². The van der Waals surface area contributed by atoms with Crippen LogP contribution in [0.2, 0.25) is 0 Å². The number of rotatable bonds is 0. The standard InChI is InChI=1S/C14H7BrN2/c15-9-5-6-11-12(7-9)10-3-1-2-4-13(10)17-14(11)8-16/h1-7H. The van der Waals surface area contributed by atoms with Crippen LogP contribution in [0.25, 0.3) is 21.7 Å². The summed E-state index contributed by atoms with van der Waals surface area (Å²) in [4.78, 5) is 4.38. The zero-order valence-corrected chi connectivity index (χ0v) is 10.4. The minimum absolute atomic E-state index is 0.478. The number of pyridine rings is 1. The van der Waals surface area contributed by atoms with E-state index in [9.17, 15) is 0 Å². The van der Waals surface area contributed by atoms with E-state index in [-0.39, 0.29) is 0 Å². The molecule has 0 radical (unpaired) electrons. The van der Waals surface area contributed by atoms with Crippen LogP contribution in [-0.4, -0.2) is 4.98 Å². The molecule has 0 fully saturated rings. The summed E-state index contributed by atoms with van der Waals surface area (Å²) < 4.78 is 1.00. The minimum Gasteiger partial charge on any atom is -0.236 e. The van der Waals surface area contributed by atoms with E-state index >= 15 is 0 Å². The molecule has 1 heterocycles. The molecule has 0 N–H and O–H groups in total. The van der Waals surface area contributed by atoms with Crippen molar-refractivity contribution in [3.05, 3.63) is 52.6 Å². The van der Waals surface area contributed by atoms with E-state index in [1.807, 2.05) is 42.5 Å². The number of aromatic nitrogens is 1. The molecular weight excluding hydrogens is 276 g/mol. The maximum absolute atomic E-state index is 9.14. The molecule has 0 bridgehead atoms. The number of hydrogen-bond acceptors (Lipinski definition) is 2. The van der Waals surface area contributed by atoms with Gasteiger partial charge in [0.1, 0.15) is 11.8 Å². The molecule has 0 atom stereocenters. The summed E-state index contributed by atoms with van der Waals surface area (Å²) in [5, 5.41) is 12.2. The molecule has 2 aromatic carbocycles. The third-order valence-corrected chi connectivity index (χ3v) is 3.26. The summed E-state index contributed by atoms with van der Waals surface area (Å²) in [5.41, 5.74) is 1.33. The van der Waals surface area contributed by atoms with Gasteiger partial charge >= 0.3 is 0 Å². The van der Waals surface area contributed by atoms with E-state index in [0.29, 0.717) is 5.69 Å². The van der Waals surface area contributed by atoms with E-state index in [0.717, 1.165) is 26.1 Å². The van der Waals surface area contributed by atoms with Crippen molar-refractivity contribution in [1.82, 2.24) is 4.98 Å². The van der Waals surface area contributed by atoms with E-state index in [4.69, 9.17) is 5.26 Å². The molecule has 0 saturated carbocycles. The molecule has 0 aliphatic heterocycles. The van der Waals surface area contributed by atoms with Crippen LogP contribution in [0.3, 0.4) is 0 Å². The van der Waals surface area contributed by atoms with Gasteiger partial charge in [0.15, 0.2) is 0 Å². The largest absolute Gasteiger partial charge is 0.236 e. The number of fused-ring (bicyclic) bond motifs is 3. The zero-order chi connectivity index (χ0) is 11.8. The molecule has 0 unspecified atom stereocenters. The molecule has 0 spiro atoms. The molecular formula is C14H7BrN2. The average molecular weight is 283 g/mol. The first kappa shape index (κ1) is 10.2. The molecule has 0 aliphatic rings. The Kier molecular flexibility index (Phi) is 2.31. The summed E-state index contributed by atoms with van der Waals surface area (Å²) in [5.74, 6) is 0. The van der Waals surface area contributed by atoms with Gasteiger partial charge in [-0.15, -0.1) is 0 Å². The van der Waals surface area contributed by atoms with Gasteiger partial charge in [-0.3, -0.25) is 0 Å². The maximum Gasteiger partial charge on any atom is 0.149 e. The summed E-state index contributed by atoms with van der Waals surface area (Å²) >= 11 is 3.46. The van der Waals surface area contributed by atoms with Gasteiger partial charge in [0.2, 0.25) is 0 Å². The van der Waals surface area contributed by atoms with Gasteiger partial charge in [-0.25, -0.2) is 4.98 Å². The zero-order valence-electron chi connectivity index (χ0n) is 8.81. The molecule has 0 amide bonds. The normalized spacial score (nSPS) is 10.6. The smallest absolute Gasteiger partial charge is 0.149 e. The van der Waals surface area contributed by atoms with Crippen LogP contribution in [0, 0.1) is 11.3 Å². The van der Waals surface area contributed by atoms with Crippen molar-refractivity contribution in [2.45, 2.75) is 0 Å². The van der Waals surface area contributed by atoms with E-state index < -0.39 is 0 Å². The Morgan fingerprint density at radius 1 is 1.00 bits per heavy atom. The van der Waals surface area contributed by atoms with Crippen molar-refractivity contribution in [1.29, 1.82) is 5.26 Å². The molecule has 2 nitrogen and oxygen atoms in total. The second-order valence-corrected chi connectivity index (χ2v) is 4.69. The lowest BCUT2D eigenvalue weighted by Gasteiger charge is -2.05. The SMILES string of the molecule is N#Cc1nc2ccccc2c2cc(Br)ccc12. The highest BCUT2D eigenvalue weighted by atomic mass is 79.9. The van der Waals surface area contributed by atoms with Crippen molar-refractivity contribution in [3.8, 4) is 6.07 Å². The lowest BCUT2D eigenvalue weighted by molar-refractivity contribution is 1.35. The maximum atomic E-state index is 9.14. The highest BCUT2D eigenvalue weighted by Crippen LogP contribution is 2.28. The number of nitrogens with zero attached hydrogens (tertiary/aromatic N) is 2. The van der Waals surface area contributed by atoms with Gasteiger partial charge < -0.3 is 0 Å². The van der Waals surface area contributed by atoms with Gasteiger partial charge in [-0.2, -0.15) is 5.26 Å². The summed E-state index contributed by atoms with van der Waals surface area (Å²) in [7, 11) is 0. The van der Waals surface area contributed by atoms with Gasteiger partial charge in [0, 0.05) is 15.2 Å². The van der Waals surface area contributed by atoms with Crippen LogP contribution >= 0.6 is 15.9 Å². The monoisotopic (exact) mass is 282 g/mol. The first-order valence-electron chi connectivity index (χ1n) is 5.18. The molecule has 17 heavy (non-hydrogen) atoms. The van der Waals surface area contributed by atoms with Crippen LogP contribution in [0.15, 0.2) is 46.9 Å². The first-order chi connectivity index (χ1) is 8.29. The Labute approximate surface area is 107 Å². The Morgan fingerprint density at radius 3 is 2.65 bits per heavy atom. The average Bonchev–Trinajstić information content (AvgIpc) is 2.37. The molecule has 3 rings (SSSR count). The van der Waals surface area contributed by atoms with Crippen molar-refractivity contribution in [3.63, 3.8) is 0 Å². The second kappa shape index (κ2) is 3.83. The molecule has 0 aliphatic carbocycles. The number of halogens is 1. The van der Waals surface area contributed by atoms with Crippen molar-refractivity contribution >= 4 is 37.6 Å².